The zero-order valence-electron chi connectivity index (χ0n) is 39.2. The van der Waals surface area contributed by atoms with Crippen molar-refractivity contribution in [3.63, 3.8) is 0 Å². The first-order valence-corrected chi connectivity index (χ1v) is 24.9. The summed E-state index contributed by atoms with van der Waals surface area (Å²) in [5.74, 6) is 0.854. The molecule has 0 saturated carbocycles. The van der Waals surface area contributed by atoms with E-state index in [1.165, 1.54) is 231 Å². The molecule has 330 valence electrons. The summed E-state index contributed by atoms with van der Waals surface area (Å²) in [6.07, 6.45) is 51.1. The summed E-state index contributed by atoms with van der Waals surface area (Å²) in [5.41, 5.74) is 2.99. The molecule has 0 radical (unpaired) electrons. The highest BCUT2D eigenvalue weighted by atomic mass is 16.1. The first-order chi connectivity index (χ1) is 27.4. The Kier molecular flexibility index (Phi) is 48.2. The van der Waals surface area contributed by atoms with E-state index < -0.39 is 0 Å². The van der Waals surface area contributed by atoms with E-state index in [9.17, 15) is 4.79 Å². The summed E-state index contributed by atoms with van der Waals surface area (Å²) in [6, 6.07) is 0. The van der Waals surface area contributed by atoms with Crippen molar-refractivity contribution < 1.29 is 4.79 Å². The molecule has 0 unspecified atom stereocenters. The molecule has 0 atom stereocenters. The lowest BCUT2D eigenvalue weighted by atomic mass is 9.87. The molecule has 0 heterocycles. The Hall–Kier alpha value is -1.61. The topological polar surface area (TPSA) is 32.3 Å². The second-order valence-corrected chi connectivity index (χ2v) is 17.3. The highest BCUT2D eigenvalue weighted by Gasteiger charge is 2.12. The lowest BCUT2D eigenvalue weighted by Gasteiger charge is -2.23. The first kappa shape index (κ1) is 56.5. The van der Waals surface area contributed by atoms with Gasteiger partial charge in [0.05, 0.1) is 0 Å². The Morgan fingerprint density at radius 3 is 1.45 bits per heavy atom. The number of allylic oxidation sites excluding steroid dienone is 4. The van der Waals surface area contributed by atoms with E-state index >= 15 is 0 Å². The van der Waals surface area contributed by atoms with Crippen molar-refractivity contribution in [1.82, 2.24) is 10.2 Å². The number of hydrogen-bond donors (Lipinski definition) is 1. The van der Waals surface area contributed by atoms with Crippen LogP contribution in [0.15, 0.2) is 48.7 Å². The van der Waals surface area contributed by atoms with Crippen molar-refractivity contribution in [2.45, 2.75) is 253 Å². The van der Waals surface area contributed by atoms with Crippen LogP contribution in [0, 0.1) is 5.92 Å². The second-order valence-electron chi connectivity index (χ2n) is 17.3. The third kappa shape index (κ3) is 43.5. The number of nitrogens with zero attached hydrogens (tertiary/aromatic N) is 1. The monoisotopic (exact) mass is 783 g/mol. The van der Waals surface area contributed by atoms with Gasteiger partial charge in [-0.3, -0.25) is 4.79 Å². The van der Waals surface area contributed by atoms with Crippen LogP contribution in [-0.4, -0.2) is 37.4 Å². The van der Waals surface area contributed by atoms with Gasteiger partial charge in [-0.1, -0.05) is 219 Å². The van der Waals surface area contributed by atoms with Crippen molar-refractivity contribution in [3.8, 4) is 0 Å². The van der Waals surface area contributed by atoms with Crippen LogP contribution in [0.2, 0.25) is 0 Å². The fourth-order valence-electron chi connectivity index (χ4n) is 7.69. The smallest absolute Gasteiger partial charge is 0.149 e. The summed E-state index contributed by atoms with van der Waals surface area (Å²) in [7, 11) is 0. The fourth-order valence-corrected chi connectivity index (χ4v) is 7.69. The maximum absolute atomic E-state index is 11.0. The first-order valence-electron chi connectivity index (χ1n) is 24.9. The van der Waals surface area contributed by atoms with Crippen LogP contribution in [0.5, 0.6) is 0 Å². The van der Waals surface area contributed by atoms with Crippen LogP contribution < -0.4 is 5.32 Å². The summed E-state index contributed by atoms with van der Waals surface area (Å²) in [6.45, 7) is 27.8. The summed E-state index contributed by atoms with van der Waals surface area (Å²) in [5, 5.41) is 3.40. The Morgan fingerprint density at radius 1 is 0.554 bits per heavy atom. The van der Waals surface area contributed by atoms with E-state index in [0.717, 1.165) is 37.3 Å². The van der Waals surface area contributed by atoms with Gasteiger partial charge < -0.3 is 10.2 Å². The average molecular weight is 783 g/mol. The van der Waals surface area contributed by atoms with Crippen molar-refractivity contribution in [3.05, 3.63) is 48.7 Å². The van der Waals surface area contributed by atoms with Gasteiger partial charge in [0.2, 0.25) is 0 Å². The van der Waals surface area contributed by atoms with Crippen LogP contribution in [0.4, 0.5) is 0 Å². The molecule has 0 aliphatic carbocycles. The lowest BCUT2D eigenvalue weighted by molar-refractivity contribution is -0.104. The van der Waals surface area contributed by atoms with E-state index in [-0.39, 0.29) is 0 Å². The van der Waals surface area contributed by atoms with Crippen molar-refractivity contribution in [1.29, 1.82) is 0 Å². The molecule has 0 aromatic rings. The molecule has 3 nitrogen and oxygen atoms in total. The number of unbranched alkanes of at least 4 members (excludes halogenated alkanes) is 24. The van der Waals surface area contributed by atoms with Crippen LogP contribution in [0.3, 0.4) is 0 Å². The molecule has 0 fully saturated rings. The number of carbonyl (C=O) groups excluding carboxylic acids is 1. The molecular formula is C53H102N2O. The maximum Gasteiger partial charge on any atom is 0.149 e. The molecule has 0 spiro atoms. The molecule has 0 rings (SSSR count). The standard InChI is InChI=1S/C46H86N2O.C7H16/c1-7-10-13-16-19-20-21-22-23-26-30-37-48(39-32-36-47-41-44(5)45(6)42-49)38-31-29-33-43(4)40-46(34-27-24-17-14-11-8-2)35-28-25-18-15-12-9-3;1-3-5-7-6-4-2/h7,41-42,46-47H,1,4,6,8-40H2,2-3,5H3;3-7H2,1-2H3/b44-41+;. The van der Waals surface area contributed by atoms with Crippen molar-refractivity contribution in [2.24, 2.45) is 5.92 Å². The predicted molar refractivity (Wildman–Crippen MR) is 256 cm³/mol. The Labute approximate surface area is 353 Å². The third-order valence-corrected chi connectivity index (χ3v) is 11.6. The molecule has 1 N–H and O–H groups in total. The number of nitrogens with one attached hydrogen (secondary N) is 1. The van der Waals surface area contributed by atoms with E-state index in [0.29, 0.717) is 5.57 Å². The van der Waals surface area contributed by atoms with E-state index in [1.807, 2.05) is 19.2 Å². The quantitative estimate of drug-likeness (QED) is 0.0220. The average Bonchev–Trinajstić information content (AvgIpc) is 3.20. The van der Waals surface area contributed by atoms with Crippen molar-refractivity contribution in [2.75, 3.05) is 26.2 Å². The lowest BCUT2D eigenvalue weighted by Crippen LogP contribution is -2.29. The predicted octanol–water partition coefficient (Wildman–Crippen LogP) is 17.2. The minimum Gasteiger partial charge on any atom is -0.391 e. The molecule has 0 bridgehead atoms. The molecule has 3 heteroatoms. The third-order valence-electron chi connectivity index (χ3n) is 11.6. The number of aldehydes is 1. The van der Waals surface area contributed by atoms with Crippen molar-refractivity contribution >= 4 is 6.29 Å². The van der Waals surface area contributed by atoms with Gasteiger partial charge in [0, 0.05) is 18.3 Å². The largest absolute Gasteiger partial charge is 0.391 e. The molecule has 0 aromatic carbocycles. The van der Waals surface area contributed by atoms with Gasteiger partial charge >= 0.3 is 0 Å². The molecule has 56 heavy (non-hydrogen) atoms. The molecule has 0 aromatic heterocycles. The van der Waals surface area contributed by atoms with Crippen LogP contribution in [0.1, 0.15) is 253 Å². The fraction of sp³-hybridized carbons (Fsp3) is 0.830. The van der Waals surface area contributed by atoms with E-state index in [1.54, 1.807) is 0 Å². The van der Waals surface area contributed by atoms with E-state index in [2.05, 4.69) is 57.6 Å². The molecule has 0 aliphatic heterocycles. The summed E-state index contributed by atoms with van der Waals surface area (Å²) >= 11 is 0. The second kappa shape index (κ2) is 47.8. The molecule has 0 saturated heterocycles. The van der Waals surface area contributed by atoms with E-state index in [4.69, 9.17) is 0 Å². The van der Waals surface area contributed by atoms with Gasteiger partial charge in [0.15, 0.2) is 0 Å². The van der Waals surface area contributed by atoms with Gasteiger partial charge in [-0.25, -0.2) is 0 Å². The maximum atomic E-state index is 11.0. The highest BCUT2D eigenvalue weighted by molar-refractivity contribution is 5.78. The Bertz CT molecular complexity index is 855. The molecule has 0 aliphatic rings. The van der Waals surface area contributed by atoms with Crippen LogP contribution >= 0.6 is 0 Å². The SMILES string of the molecule is C=CCCCCCCCCCCCN(CCCCC(=C)CC(CCCCCCCC)CCCCCCCC)CCCN/C=C(\C)C(=C)C=O.CCCCCCC. The van der Waals surface area contributed by atoms with Gasteiger partial charge in [-0.15, -0.1) is 6.58 Å². The molecule has 0 amide bonds. The zero-order valence-corrected chi connectivity index (χ0v) is 39.2. The van der Waals surface area contributed by atoms with Gasteiger partial charge in [-0.05, 0) is 89.4 Å². The van der Waals surface area contributed by atoms with Crippen LogP contribution in [0.25, 0.3) is 0 Å². The number of rotatable bonds is 44. The van der Waals surface area contributed by atoms with Gasteiger partial charge in [0.1, 0.15) is 6.29 Å². The Balaban J connectivity index is 0. The van der Waals surface area contributed by atoms with Gasteiger partial charge in [0.25, 0.3) is 0 Å². The van der Waals surface area contributed by atoms with Gasteiger partial charge in [-0.2, -0.15) is 0 Å². The summed E-state index contributed by atoms with van der Waals surface area (Å²) in [4.78, 5) is 13.7. The highest BCUT2D eigenvalue weighted by Crippen LogP contribution is 2.27. The summed E-state index contributed by atoms with van der Waals surface area (Å²) < 4.78 is 0. The minimum atomic E-state index is 0.555. The Morgan fingerprint density at radius 2 is 0.964 bits per heavy atom. The van der Waals surface area contributed by atoms with Crippen LogP contribution in [-0.2, 0) is 4.79 Å². The number of carbonyl (C=O) groups is 1. The minimum absolute atomic E-state index is 0.555. The zero-order chi connectivity index (χ0) is 41.6. The number of hydrogen-bond acceptors (Lipinski definition) is 3. The molecular weight excluding hydrogens is 681 g/mol. The normalized spacial score (nSPS) is 11.5.